The minimum atomic E-state index is -0.193. The van der Waals surface area contributed by atoms with E-state index in [1.54, 1.807) is 7.11 Å². The van der Waals surface area contributed by atoms with Crippen molar-refractivity contribution >= 4 is 33.5 Å². The maximum absolute atomic E-state index is 13.3. The number of imidazole rings is 1. The zero-order valence-electron chi connectivity index (χ0n) is 18.8. The Morgan fingerprint density at radius 3 is 2.64 bits per heavy atom. The number of rotatable bonds is 7. The van der Waals surface area contributed by atoms with Gasteiger partial charge in [-0.1, -0.05) is 41.6 Å². The molecular weight excluding hydrogens is 416 g/mol. The summed E-state index contributed by atoms with van der Waals surface area (Å²) in [5.41, 5.74) is 5.54. The maximum atomic E-state index is 13.3. The molecule has 2 aromatic heterocycles. The van der Waals surface area contributed by atoms with Crippen LogP contribution in [0.4, 0.5) is 0 Å². The molecule has 0 radical (unpaired) electrons. The molecule has 1 aliphatic carbocycles. The van der Waals surface area contributed by atoms with E-state index >= 15 is 0 Å². The standard InChI is InChI=1S/C25H26N6O2/c1-29-22-9-5-6-10-23(22)30(25(29)26-15-16-33-2)17-24(32)18-11-13-19(14-12-18)31-21-8-4-3-7-20(21)27-28-31/h3-11,13-14,18H,12,15-17H2,1-2H3. The number of allylic oxidation sites excluding steroid dienone is 4. The Morgan fingerprint density at radius 1 is 1.12 bits per heavy atom. The second-order valence-corrected chi connectivity index (χ2v) is 8.09. The average Bonchev–Trinajstić information content (AvgIpc) is 3.40. The fraction of sp³-hybridized carbons (Fsp3) is 0.280. The third kappa shape index (κ3) is 3.93. The Balaban J connectivity index is 1.39. The van der Waals surface area contributed by atoms with E-state index in [2.05, 4.69) is 16.4 Å². The van der Waals surface area contributed by atoms with Gasteiger partial charge in [0.2, 0.25) is 5.62 Å². The Kier molecular flexibility index (Phi) is 5.75. The van der Waals surface area contributed by atoms with E-state index in [9.17, 15) is 4.79 Å². The third-order valence-electron chi connectivity index (χ3n) is 6.03. The number of carbonyl (C=O) groups excluding carboxylic acids is 1. The molecule has 0 fully saturated rings. The normalized spacial score (nSPS) is 16.6. The number of hydrogen-bond acceptors (Lipinski definition) is 5. The molecule has 168 valence electrons. The summed E-state index contributed by atoms with van der Waals surface area (Å²) in [6.07, 6.45) is 6.62. The first-order valence-electron chi connectivity index (χ1n) is 11.0. The number of benzene rings is 2. The van der Waals surface area contributed by atoms with Gasteiger partial charge in [0, 0.05) is 20.1 Å². The summed E-state index contributed by atoms with van der Waals surface area (Å²) in [7, 11) is 3.64. The van der Waals surface area contributed by atoms with Gasteiger partial charge < -0.3 is 13.9 Å². The number of para-hydroxylation sites is 3. The first-order valence-corrected chi connectivity index (χ1v) is 11.0. The lowest BCUT2D eigenvalue weighted by molar-refractivity contribution is -0.122. The van der Waals surface area contributed by atoms with Crippen LogP contribution in [-0.2, 0) is 23.1 Å². The summed E-state index contributed by atoms with van der Waals surface area (Å²) in [6, 6.07) is 15.9. The summed E-state index contributed by atoms with van der Waals surface area (Å²) in [5, 5.41) is 8.50. The molecule has 2 aromatic carbocycles. The average molecular weight is 443 g/mol. The summed E-state index contributed by atoms with van der Waals surface area (Å²) in [5.74, 6) is -0.0450. The van der Waals surface area contributed by atoms with Crippen LogP contribution in [0.5, 0.6) is 0 Å². The molecule has 0 aliphatic heterocycles. The number of aryl methyl sites for hydroxylation is 1. The second-order valence-electron chi connectivity index (χ2n) is 8.09. The fourth-order valence-electron chi connectivity index (χ4n) is 4.29. The molecule has 0 bridgehead atoms. The van der Waals surface area contributed by atoms with Crippen LogP contribution in [0.25, 0.3) is 27.8 Å². The van der Waals surface area contributed by atoms with Crippen molar-refractivity contribution in [3.8, 4) is 0 Å². The van der Waals surface area contributed by atoms with E-state index in [0.717, 1.165) is 33.4 Å². The monoisotopic (exact) mass is 442 g/mol. The van der Waals surface area contributed by atoms with Gasteiger partial charge in [0.05, 0.1) is 41.9 Å². The number of methoxy groups -OCH3 is 1. The Bertz CT molecular complexity index is 1450. The number of ether oxygens (including phenoxy) is 1. The number of hydrogen-bond donors (Lipinski definition) is 0. The molecule has 2 heterocycles. The number of nitrogens with zero attached hydrogens (tertiary/aromatic N) is 6. The lowest BCUT2D eigenvalue weighted by Crippen LogP contribution is -2.30. The minimum Gasteiger partial charge on any atom is -0.383 e. The van der Waals surface area contributed by atoms with Crippen molar-refractivity contribution in [3.63, 3.8) is 0 Å². The van der Waals surface area contributed by atoms with Crippen molar-refractivity contribution < 1.29 is 9.53 Å². The highest BCUT2D eigenvalue weighted by atomic mass is 16.5. The second kappa shape index (κ2) is 8.99. The molecule has 1 atom stereocenters. The van der Waals surface area contributed by atoms with Gasteiger partial charge in [0.15, 0.2) is 5.78 Å². The van der Waals surface area contributed by atoms with E-state index in [-0.39, 0.29) is 18.2 Å². The van der Waals surface area contributed by atoms with Crippen LogP contribution < -0.4 is 5.62 Å². The summed E-state index contributed by atoms with van der Waals surface area (Å²) in [6.45, 7) is 1.33. The van der Waals surface area contributed by atoms with E-state index < -0.39 is 0 Å². The maximum Gasteiger partial charge on any atom is 0.206 e. The zero-order chi connectivity index (χ0) is 22.8. The molecule has 1 aliphatic rings. The van der Waals surface area contributed by atoms with Gasteiger partial charge in [-0.3, -0.25) is 4.79 Å². The minimum absolute atomic E-state index is 0.148. The fourth-order valence-corrected chi connectivity index (χ4v) is 4.29. The van der Waals surface area contributed by atoms with Crippen LogP contribution in [0.1, 0.15) is 6.42 Å². The van der Waals surface area contributed by atoms with Crippen molar-refractivity contribution in [3.05, 3.63) is 72.4 Å². The van der Waals surface area contributed by atoms with Crippen molar-refractivity contribution in [2.24, 2.45) is 18.0 Å². The number of fused-ring (bicyclic) bond motifs is 2. The summed E-state index contributed by atoms with van der Waals surface area (Å²) < 4.78 is 11.0. The van der Waals surface area contributed by atoms with Gasteiger partial charge >= 0.3 is 0 Å². The number of Topliss-reactive ketones (excluding diaryl/α,β-unsaturated/α-hetero) is 1. The molecule has 0 saturated carbocycles. The highest BCUT2D eigenvalue weighted by molar-refractivity contribution is 5.87. The van der Waals surface area contributed by atoms with Crippen molar-refractivity contribution in [1.82, 2.24) is 24.1 Å². The van der Waals surface area contributed by atoms with E-state index in [4.69, 9.17) is 9.73 Å². The van der Waals surface area contributed by atoms with Crippen molar-refractivity contribution in [1.29, 1.82) is 0 Å². The Morgan fingerprint density at radius 2 is 1.88 bits per heavy atom. The lowest BCUT2D eigenvalue weighted by Gasteiger charge is -2.16. The number of aromatic nitrogens is 5. The molecule has 33 heavy (non-hydrogen) atoms. The van der Waals surface area contributed by atoms with Crippen LogP contribution >= 0.6 is 0 Å². The largest absolute Gasteiger partial charge is 0.383 e. The van der Waals surface area contributed by atoms with Gasteiger partial charge in [-0.05, 0) is 36.8 Å². The molecule has 0 amide bonds. The molecular formula is C25H26N6O2. The lowest BCUT2D eigenvalue weighted by atomic mass is 9.95. The van der Waals surface area contributed by atoms with Gasteiger partial charge in [-0.25, -0.2) is 9.67 Å². The Hall–Kier alpha value is -3.78. The molecule has 4 aromatic rings. The third-order valence-corrected chi connectivity index (χ3v) is 6.03. The molecule has 0 saturated heterocycles. The number of ketones is 1. The predicted octanol–water partition coefficient (Wildman–Crippen LogP) is 2.96. The molecule has 8 heteroatoms. The van der Waals surface area contributed by atoms with Crippen molar-refractivity contribution in [2.45, 2.75) is 13.0 Å². The first-order chi connectivity index (χ1) is 16.2. The van der Waals surface area contributed by atoms with Crippen molar-refractivity contribution in [2.75, 3.05) is 20.3 Å². The zero-order valence-corrected chi connectivity index (χ0v) is 18.8. The SMILES string of the molecule is COCCN=c1n(C)c2ccccc2n1CC(=O)C1C=CC(n2nnc3ccccc32)=CC1. The quantitative estimate of drug-likeness (QED) is 0.412. The topological polar surface area (TPSA) is 79.2 Å². The van der Waals surface area contributed by atoms with Crippen LogP contribution in [0.3, 0.4) is 0 Å². The molecule has 0 N–H and O–H groups in total. The van der Waals surface area contributed by atoms with Gasteiger partial charge in [-0.2, -0.15) is 0 Å². The molecule has 8 nitrogen and oxygen atoms in total. The summed E-state index contributed by atoms with van der Waals surface area (Å²) >= 11 is 0. The highest BCUT2D eigenvalue weighted by Gasteiger charge is 2.21. The van der Waals surface area contributed by atoms with Crippen LogP contribution in [0.2, 0.25) is 0 Å². The smallest absolute Gasteiger partial charge is 0.206 e. The van der Waals surface area contributed by atoms with Crippen LogP contribution in [-0.4, -0.2) is 50.2 Å². The van der Waals surface area contributed by atoms with E-state index in [1.807, 2.05) is 81.5 Å². The Labute approximate surface area is 191 Å². The molecule has 0 spiro atoms. The first kappa shape index (κ1) is 21.1. The van der Waals surface area contributed by atoms with Crippen LogP contribution in [0.15, 0.2) is 71.8 Å². The van der Waals surface area contributed by atoms with Gasteiger partial charge in [-0.15, -0.1) is 5.10 Å². The van der Waals surface area contributed by atoms with Gasteiger partial charge in [0.25, 0.3) is 0 Å². The molecule has 5 rings (SSSR count). The van der Waals surface area contributed by atoms with Crippen LogP contribution in [0, 0.1) is 5.92 Å². The molecule has 1 unspecified atom stereocenters. The highest BCUT2D eigenvalue weighted by Crippen LogP contribution is 2.24. The predicted molar refractivity (Wildman–Crippen MR) is 127 cm³/mol. The number of carbonyl (C=O) groups is 1. The van der Waals surface area contributed by atoms with E-state index in [1.165, 1.54) is 0 Å². The van der Waals surface area contributed by atoms with Gasteiger partial charge in [0.1, 0.15) is 5.52 Å². The van der Waals surface area contributed by atoms with E-state index in [0.29, 0.717) is 19.6 Å². The summed E-state index contributed by atoms with van der Waals surface area (Å²) in [4.78, 5) is 18.0.